The van der Waals surface area contributed by atoms with Gasteiger partial charge in [-0.15, -0.1) is 11.3 Å². The molecule has 50 heavy (non-hydrogen) atoms. The van der Waals surface area contributed by atoms with Crippen LogP contribution >= 0.6 is 11.3 Å². The number of carboxylic acids is 1. The van der Waals surface area contributed by atoms with Crippen LogP contribution in [0.2, 0.25) is 0 Å². The molecule has 0 bridgehead atoms. The van der Waals surface area contributed by atoms with Crippen molar-refractivity contribution in [3.8, 4) is 21.6 Å². The molecule has 1 aliphatic rings. The Morgan fingerprint density at radius 1 is 0.960 bits per heavy atom. The summed E-state index contributed by atoms with van der Waals surface area (Å²) in [7, 11) is 0. The van der Waals surface area contributed by atoms with Gasteiger partial charge in [-0.25, -0.2) is 14.6 Å². The molecule has 0 saturated carbocycles. The van der Waals surface area contributed by atoms with Crippen LogP contribution in [0, 0.1) is 0 Å². The molecule has 0 spiro atoms. The molecule has 2 aromatic heterocycles. The molecule has 1 aliphatic heterocycles. The van der Waals surface area contributed by atoms with Gasteiger partial charge in [0.25, 0.3) is 11.8 Å². The number of carbonyl (C=O) groups excluding carboxylic acids is 3. The summed E-state index contributed by atoms with van der Waals surface area (Å²) in [5.74, 6) is -2.33. The Morgan fingerprint density at radius 3 is 2.40 bits per heavy atom. The van der Waals surface area contributed by atoms with Crippen LogP contribution in [0.5, 0.6) is 0 Å². The van der Waals surface area contributed by atoms with Crippen LogP contribution in [-0.2, 0) is 17.7 Å². The Labute approximate surface area is 294 Å². The average Bonchev–Trinajstić information content (AvgIpc) is 3.50. The van der Waals surface area contributed by atoms with Crippen LogP contribution in [0.4, 0.5) is 16.2 Å². The summed E-state index contributed by atoms with van der Waals surface area (Å²) in [5.41, 5.74) is 3.56. The van der Waals surface area contributed by atoms with Crippen molar-refractivity contribution in [3.63, 3.8) is 0 Å². The van der Waals surface area contributed by atoms with E-state index < -0.39 is 29.5 Å². The molecule has 0 atom stereocenters. The van der Waals surface area contributed by atoms with Crippen LogP contribution in [-0.4, -0.2) is 70.9 Å². The lowest BCUT2D eigenvalue weighted by atomic mass is 9.92. The predicted octanol–water partition coefficient (Wildman–Crippen LogP) is 5.95. The molecule has 0 radical (unpaired) electrons. The highest BCUT2D eigenvalue weighted by molar-refractivity contribution is 7.13. The van der Waals surface area contributed by atoms with Gasteiger partial charge >= 0.3 is 12.1 Å². The third kappa shape index (κ3) is 8.47. The SMILES string of the molecule is CCCNC(=O)c1ccc(-c2cc3c(cc2C(=O)Nc2ccc(CNC(=O)OC(C)(C)C)cc2)-c2sccc2CCN3CCO)c(C(=O)O)n1. The van der Waals surface area contributed by atoms with Gasteiger partial charge in [-0.2, -0.15) is 0 Å². The number of nitrogens with one attached hydrogen (secondary N) is 3. The third-order valence-electron chi connectivity index (χ3n) is 7.94. The number of nitrogens with zero attached hydrogens (tertiary/aromatic N) is 2. The minimum absolute atomic E-state index is 0.0493. The lowest BCUT2D eigenvalue weighted by Gasteiger charge is -2.26. The van der Waals surface area contributed by atoms with Gasteiger partial charge in [0.2, 0.25) is 0 Å². The van der Waals surface area contributed by atoms with Crippen molar-refractivity contribution < 1.29 is 34.1 Å². The number of aromatic carboxylic acids is 1. The first kappa shape index (κ1) is 36.0. The number of anilines is 2. The zero-order chi connectivity index (χ0) is 36.0. The minimum atomic E-state index is -1.35. The number of hydrogen-bond donors (Lipinski definition) is 5. The Bertz CT molecular complexity index is 1900. The Hall–Kier alpha value is -5.27. The van der Waals surface area contributed by atoms with Crippen molar-refractivity contribution in [1.29, 1.82) is 0 Å². The highest BCUT2D eigenvalue weighted by Gasteiger charge is 2.28. The van der Waals surface area contributed by atoms with Crippen molar-refractivity contribution in [2.45, 2.75) is 52.7 Å². The second-order valence-corrected chi connectivity index (χ2v) is 13.7. The minimum Gasteiger partial charge on any atom is -0.476 e. The van der Waals surface area contributed by atoms with E-state index in [9.17, 15) is 29.4 Å². The number of pyridine rings is 1. The van der Waals surface area contributed by atoms with Crippen LogP contribution < -0.4 is 20.9 Å². The van der Waals surface area contributed by atoms with Crippen molar-refractivity contribution in [2.75, 3.05) is 36.5 Å². The summed E-state index contributed by atoms with van der Waals surface area (Å²) >= 11 is 1.55. The van der Waals surface area contributed by atoms with Crippen molar-refractivity contribution in [2.24, 2.45) is 0 Å². The van der Waals surface area contributed by atoms with Crippen molar-refractivity contribution in [3.05, 3.63) is 88.1 Å². The lowest BCUT2D eigenvalue weighted by Crippen LogP contribution is -2.32. The van der Waals surface area contributed by atoms with Gasteiger partial charge in [0.15, 0.2) is 5.69 Å². The molecule has 0 aliphatic carbocycles. The maximum absolute atomic E-state index is 14.2. The number of aromatic nitrogens is 1. The quantitative estimate of drug-likeness (QED) is 0.127. The fraction of sp³-hybridized carbons (Fsp3) is 0.324. The topological polar surface area (TPSA) is 170 Å². The fourth-order valence-corrected chi connectivity index (χ4v) is 6.61. The Kier molecular flexibility index (Phi) is 11.2. The highest BCUT2D eigenvalue weighted by atomic mass is 32.1. The molecular weight excluding hydrogens is 659 g/mol. The molecule has 5 rings (SSSR count). The predicted molar refractivity (Wildman–Crippen MR) is 193 cm³/mol. The number of amides is 3. The summed E-state index contributed by atoms with van der Waals surface area (Å²) in [6.07, 6.45) is 0.885. The van der Waals surface area contributed by atoms with Gasteiger partial charge in [-0.3, -0.25) is 9.59 Å². The number of carboxylic acid groups (broad SMARTS) is 1. The summed E-state index contributed by atoms with van der Waals surface area (Å²) < 4.78 is 5.29. The zero-order valence-electron chi connectivity index (χ0n) is 28.5. The molecule has 13 heteroatoms. The standard InChI is InChI=1S/C37H41N5O7S/c1-5-14-38-34(45)29-11-10-25(31(41-29)35(46)47)26-20-30-28(32-23(13-18-50-32)12-15-42(30)16-17-43)19-27(26)33(44)40-24-8-6-22(7-9-24)21-39-36(48)49-37(2,3)4/h6-11,13,18-20,43H,5,12,14-17,21H2,1-4H3,(H,38,45)(H,39,48)(H,40,44)(H,46,47). The van der Waals surface area contributed by atoms with Crippen molar-refractivity contribution in [1.82, 2.24) is 15.6 Å². The van der Waals surface area contributed by atoms with Crippen molar-refractivity contribution >= 4 is 46.6 Å². The number of thiophene rings is 1. The monoisotopic (exact) mass is 699 g/mol. The number of ether oxygens (including phenoxy) is 1. The molecule has 5 N–H and O–H groups in total. The maximum Gasteiger partial charge on any atom is 0.407 e. The normalized spacial score (nSPS) is 12.3. The first-order valence-corrected chi connectivity index (χ1v) is 17.3. The number of rotatable bonds is 11. The molecule has 0 saturated heterocycles. The van der Waals surface area contributed by atoms with E-state index in [-0.39, 0.29) is 35.7 Å². The Balaban J connectivity index is 1.56. The number of hydrogen-bond acceptors (Lipinski definition) is 9. The average molecular weight is 700 g/mol. The second kappa shape index (κ2) is 15.5. The number of alkyl carbamates (subject to hydrolysis) is 1. The van der Waals surface area contributed by atoms with E-state index in [1.165, 1.54) is 12.1 Å². The van der Waals surface area contributed by atoms with E-state index >= 15 is 0 Å². The molecule has 4 aromatic rings. The van der Waals surface area contributed by atoms with Gasteiger partial charge in [-0.1, -0.05) is 19.1 Å². The Morgan fingerprint density at radius 2 is 1.72 bits per heavy atom. The second-order valence-electron chi connectivity index (χ2n) is 12.8. The first-order valence-electron chi connectivity index (χ1n) is 16.4. The molecule has 12 nitrogen and oxygen atoms in total. The summed E-state index contributed by atoms with van der Waals surface area (Å²) in [4.78, 5) is 58.8. The molecule has 3 amide bonds. The first-order chi connectivity index (χ1) is 23.9. The number of aliphatic hydroxyl groups excluding tert-OH is 1. The van der Waals surface area contributed by atoms with Gasteiger partial charge in [0.1, 0.15) is 11.3 Å². The van der Waals surface area contributed by atoms with Gasteiger partial charge in [-0.05, 0) is 98.1 Å². The molecule has 2 aromatic carbocycles. The van der Waals surface area contributed by atoms with E-state index in [0.717, 1.165) is 33.7 Å². The lowest BCUT2D eigenvalue weighted by molar-refractivity contribution is 0.0522. The summed E-state index contributed by atoms with van der Waals surface area (Å²) in [6, 6.07) is 15.5. The zero-order valence-corrected chi connectivity index (χ0v) is 29.3. The molecule has 0 fully saturated rings. The molecule has 0 unspecified atom stereocenters. The molecule has 262 valence electrons. The number of fused-ring (bicyclic) bond motifs is 3. The van der Waals surface area contributed by atoms with E-state index in [2.05, 4.69) is 20.9 Å². The highest BCUT2D eigenvalue weighted by Crippen LogP contribution is 2.44. The van der Waals surface area contributed by atoms with E-state index in [1.54, 1.807) is 68.5 Å². The fourth-order valence-electron chi connectivity index (χ4n) is 5.63. The molecular formula is C37H41N5O7S. The molecule has 3 heterocycles. The van der Waals surface area contributed by atoms with Crippen LogP contribution in [0.25, 0.3) is 21.6 Å². The van der Waals surface area contributed by atoms with Crippen LogP contribution in [0.1, 0.15) is 76.6 Å². The van der Waals surface area contributed by atoms with E-state index in [0.29, 0.717) is 37.3 Å². The summed E-state index contributed by atoms with van der Waals surface area (Å²) in [6.45, 7) is 8.73. The van der Waals surface area contributed by atoms with Gasteiger partial charge in [0.05, 0.1) is 6.61 Å². The van der Waals surface area contributed by atoms with Gasteiger partial charge < -0.3 is 35.8 Å². The van der Waals surface area contributed by atoms with E-state index in [4.69, 9.17) is 4.74 Å². The summed E-state index contributed by atoms with van der Waals surface area (Å²) in [5, 5.41) is 30.6. The number of aliphatic hydroxyl groups is 1. The van der Waals surface area contributed by atoms with Crippen LogP contribution in [0.15, 0.2) is 60.0 Å². The number of β-amino-alcohol motifs (C(OH)–C–C–N with tert-alkyl or cyclic N) is 1. The largest absolute Gasteiger partial charge is 0.476 e. The number of benzene rings is 2. The number of carbonyl (C=O) groups is 4. The van der Waals surface area contributed by atoms with Crippen LogP contribution in [0.3, 0.4) is 0 Å². The third-order valence-corrected chi connectivity index (χ3v) is 8.93. The smallest absolute Gasteiger partial charge is 0.407 e. The van der Waals surface area contributed by atoms with E-state index in [1.807, 2.05) is 23.3 Å². The maximum atomic E-state index is 14.2. The van der Waals surface area contributed by atoms with Gasteiger partial charge in [0, 0.05) is 59.1 Å².